The number of ketones is 1. The van der Waals surface area contributed by atoms with Gasteiger partial charge in [0.1, 0.15) is 5.60 Å². The maximum atomic E-state index is 11.6. The first-order valence-corrected chi connectivity index (χ1v) is 6.85. The van der Waals surface area contributed by atoms with E-state index in [1.54, 1.807) is 0 Å². The molecular weight excluding hydrogens is 260 g/mol. The van der Waals surface area contributed by atoms with Gasteiger partial charge in [0.2, 0.25) is 0 Å². The number of hydrogen-bond acceptors (Lipinski definition) is 5. The fraction of sp³-hybridized carbons (Fsp3) is 0.714. The average molecular weight is 284 g/mol. The molecule has 0 aromatic heterocycles. The van der Waals surface area contributed by atoms with Crippen LogP contribution in [-0.2, 0) is 14.3 Å². The molecule has 2 N–H and O–H groups in total. The average Bonchev–Trinajstić information content (AvgIpc) is 2.67. The van der Waals surface area contributed by atoms with Gasteiger partial charge in [-0.05, 0) is 40.0 Å². The molecular formula is C14H24N2O4. The summed E-state index contributed by atoms with van der Waals surface area (Å²) in [5.41, 5.74) is -0.480. The van der Waals surface area contributed by atoms with Crippen LogP contribution in [0.5, 0.6) is 0 Å². The highest BCUT2D eigenvalue weighted by Crippen LogP contribution is 2.12. The molecule has 0 saturated heterocycles. The summed E-state index contributed by atoms with van der Waals surface area (Å²) < 4.78 is 10.1. The summed E-state index contributed by atoms with van der Waals surface area (Å²) in [5, 5.41) is 5.69. The van der Waals surface area contributed by atoms with E-state index in [1.807, 2.05) is 20.8 Å². The summed E-state index contributed by atoms with van der Waals surface area (Å²) in [6, 6.07) is -0.202. The molecule has 0 bridgehead atoms. The van der Waals surface area contributed by atoms with E-state index in [-0.39, 0.29) is 11.8 Å². The second-order valence-corrected chi connectivity index (χ2v) is 5.74. The number of amides is 1. The number of nitrogens with one attached hydrogen (secondary N) is 2. The predicted molar refractivity (Wildman–Crippen MR) is 75.1 cm³/mol. The van der Waals surface area contributed by atoms with Crippen LogP contribution in [-0.4, -0.2) is 37.2 Å². The Bertz CT molecular complexity index is 385. The van der Waals surface area contributed by atoms with E-state index >= 15 is 0 Å². The van der Waals surface area contributed by atoms with Crippen LogP contribution in [0.1, 0.15) is 40.0 Å². The van der Waals surface area contributed by atoms with E-state index in [4.69, 9.17) is 9.47 Å². The second-order valence-electron chi connectivity index (χ2n) is 5.74. The topological polar surface area (TPSA) is 76.7 Å². The molecule has 1 amide bonds. The number of carbonyl (C=O) groups excluding carboxylic acids is 2. The van der Waals surface area contributed by atoms with Crippen molar-refractivity contribution >= 4 is 11.9 Å². The lowest BCUT2D eigenvalue weighted by atomic mass is 10.1. The zero-order valence-electron chi connectivity index (χ0n) is 12.6. The maximum Gasteiger partial charge on any atom is 0.407 e. The molecule has 1 heterocycles. The summed E-state index contributed by atoms with van der Waals surface area (Å²) >= 11 is 0. The van der Waals surface area contributed by atoms with E-state index < -0.39 is 11.7 Å². The third-order valence-electron chi connectivity index (χ3n) is 2.74. The van der Waals surface area contributed by atoms with Gasteiger partial charge in [0.25, 0.3) is 0 Å². The standard InChI is InChI=1S/C14H24N2O4/c1-14(2,3)20-13(18)15-8-6-5-7-10-11(17)9-12(16-10)19-4/h9-10,16H,5-8H2,1-4H3,(H,15,18)/t10-/m0/s1. The molecule has 114 valence electrons. The Morgan fingerprint density at radius 1 is 1.40 bits per heavy atom. The fourth-order valence-corrected chi connectivity index (χ4v) is 1.82. The Labute approximate surface area is 119 Å². The van der Waals surface area contributed by atoms with Crippen LogP contribution in [0, 0.1) is 0 Å². The summed E-state index contributed by atoms with van der Waals surface area (Å²) in [6.07, 6.45) is 3.43. The van der Waals surface area contributed by atoms with Gasteiger partial charge in [0, 0.05) is 12.6 Å². The van der Waals surface area contributed by atoms with Gasteiger partial charge >= 0.3 is 6.09 Å². The molecule has 0 unspecified atom stereocenters. The van der Waals surface area contributed by atoms with Crippen molar-refractivity contribution in [2.75, 3.05) is 13.7 Å². The van der Waals surface area contributed by atoms with Gasteiger partial charge in [0.05, 0.1) is 13.2 Å². The van der Waals surface area contributed by atoms with Crippen molar-refractivity contribution in [3.8, 4) is 0 Å². The number of carbonyl (C=O) groups is 2. The van der Waals surface area contributed by atoms with Crippen LogP contribution in [0.2, 0.25) is 0 Å². The molecule has 0 spiro atoms. The Kier molecular flexibility index (Phi) is 5.85. The number of alkyl carbamates (subject to hydrolysis) is 1. The second kappa shape index (κ2) is 7.17. The molecule has 0 aromatic rings. The van der Waals surface area contributed by atoms with Crippen molar-refractivity contribution in [3.05, 3.63) is 12.0 Å². The minimum Gasteiger partial charge on any atom is -0.482 e. The molecule has 0 aliphatic carbocycles. The van der Waals surface area contributed by atoms with Crippen molar-refractivity contribution in [1.29, 1.82) is 0 Å². The zero-order chi connectivity index (χ0) is 15.2. The Morgan fingerprint density at radius 2 is 2.10 bits per heavy atom. The number of methoxy groups -OCH3 is 1. The van der Waals surface area contributed by atoms with E-state index in [1.165, 1.54) is 13.2 Å². The molecule has 0 radical (unpaired) electrons. The molecule has 1 aliphatic rings. The molecule has 6 heteroatoms. The predicted octanol–water partition coefficient (Wildman–Crippen LogP) is 1.71. The van der Waals surface area contributed by atoms with Gasteiger partial charge in [-0.3, -0.25) is 4.79 Å². The first-order valence-electron chi connectivity index (χ1n) is 6.85. The van der Waals surface area contributed by atoms with Crippen molar-refractivity contribution in [2.24, 2.45) is 0 Å². The Balaban J connectivity index is 2.09. The van der Waals surface area contributed by atoms with Gasteiger partial charge in [-0.2, -0.15) is 0 Å². The lowest BCUT2D eigenvalue weighted by molar-refractivity contribution is -0.115. The molecule has 1 rings (SSSR count). The van der Waals surface area contributed by atoms with E-state index in [0.717, 1.165) is 19.3 Å². The van der Waals surface area contributed by atoms with Gasteiger partial charge < -0.3 is 20.1 Å². The molecule has 6 nitrogen and oxygen atoms in total. The molecule has 20 heavy (non-hydrogen) atoms. The SMILES string of the molecule is COC1=CC(=O)[C@H](CCCCNC(=O)OC(C)(C)C)N1. The monoisotopic (exact) mass is 284 g/mol. The fourth-order valence-electron chi connectivity index (χ4n) is 1.82. The van der Waals surface area contributed by atoms with Crippen LogP contribution in [0.15, 0.2) is 12.0 Å². The van der Waals surface area contributed by atoms with Gasteiger partial charge in [0.15, 0.2) is 11.7 Å². The third kappa shape index (κ3) is 5.95. The molecule has 1 aliphatic heterocycles. The highest BCUT2D eigenvalue weighted by Gasteiger charge is 2.24. The van der Waals surface area contributed by atoms with Crippen LogP contribution in [0.25, 0.3) is 0 Å². The van der Waals surface area contributed by atoms with E-state index in [0.29, 0.717) is 12.4 Å². The highest BCUT2D eigenvalue weighted by molar-refractivity contribution is 5.97. The molecule has 0 aromatic carbocycles. The smallest absolute Gasteiger partial charge is 0.407 e. The van der Waals surface area contributed by atoms with Gasteiger partial charge in [-0.1, -0.05) is 0 Å². The minimum absolute atomic E-state index is 0.0435. The minimum atomic E-state index is -0.480. The summed E-state index contributed by atoms with van der Waals surface area (Å²) in [6.45, 7) is 6.01. The summed E-state index contributed by atoms with van der Waals surface area (Å²) in [7, 11) is 1.53. The largest absolute Gasteiger partial charge is 0.482 e. The van der Waals surface area contributed by atoms with Gasteiger partial charge in [-0.15, -0.1) is 0 Å². The molecule has 1 atom stereocenters. The van der Waals surface area contributed by atoms with Crippen LogP contribution < -0.4 is 10.6 Å². The normalized spacial score (nSPS) is 18.3. The molecule has 0 fully saturated rings. The van der Waals surface area contributed by atoms with Gasteiger partial charge in [-0.25, -0.2) is 4.79 Å². The Morgan fingerprint density at radius 3 is 2.65 bits per heavy atom. The lowest BCUT2D eigenvalue weighted by Gasteiger charge is -2.19. The Hall–Kier alpha value is -1.72. The van der Waals surface area contributed by atoms with Crippen LogP contribution in [0.3, 0.4) is 0 Å². The molecule has 0 saturated carbocycles. The van der Waals surface area contributed by atoms with Crippen LogP contribution >= 0.6 is 0 Å². The van der Waals surface area contributed by atoms with Crippen LogP contribution in [0.4, 0.5) is 4.79 Å². The summed E-state index contributed by atoms with van der Waals surface area (Å²) in [5.74, 6) is 0.564. The van der Waals surface area contributed by atoms with Crippen molar-refractivity contribution in [3.63, 3.8) is 0 Å². The number of ether oxygens (including phenoxy) is 2. The van der Waals surface area contributed by atoms with E-state index in [9.17, 15) is 9.59 Å². The quantitative estimate of drug-likeness (QED) is 0.726. The first-order chi connectivity index (χ1) is 9.31. The number of hydrogen-bond donors (Lipinski definition) is 2. The maximum absolute atomic E-state index is 11.6. The summed E-state index contributed by atoms with van der Waals surface area (Å²) in [4.78, 5) is 23.0. The van der Waals surface area contributed by atoms with Crippen molar-refractivity contribution < 1.29 is 19.1 Å². The third-order valence-corrected chi connectivity index (χ3v) is 2.74. The van der Waals surface area contributed by atoms with E-state index in [2.05, 4.69) is 10.6 Å². The number of rotatable bonds is 6. The van der Waals surface area contributed by atoms with Crippen molar-refractivity contribution in [1.82, 2.24) is 10.6 Å². The van der Waals surface area contributed by atoms with Crippen molar-refractivity contribution in [2.45, 2.75) is 51.7 Å². The highest BCUT2D eigenvalue weighted by atomic mass is 16.6. The number of unbranched alkanes of at least 4 members (excludes halogenated alkanes) is 1. The lowest BCUT2D eigenvalue weighted by Crippen LogP contribution is -2.33. The zero-order valence-corrected chi connectivity index (χ0v) is 12.6. The first kappa shape index (κ1) is 16.3.